The van der Waals surface area contributed by atoms with Crippen molar-refractivity contribution in [2.45, 2.75) is 32.6 Å². The van der Waals surface area contributed by atoms with Gasteiger partial charge >= 0.3 is 0 Å². The molecule has 0 aromatic heterocycles. The maximum absolute atomic E-state index is 12.6. The fraction of sp³-hybridized carbons (Fsp3) is 0.391. The number of ether oxygens (including phenoxy) is 3. The van der Waals surface area contributed by atoms with Gasteiger partial charge in [0.1, 0.15) is 0 Å². The molecule has 1 aromatic rings. The first-order valence-corrected chi connectivity index (χ1v) is 9.58. The van der Waals surface area contributed by atoms with Crippen LogP contribution in [0.25, 0.3) is 6.08 Å². The van der Waals surface area contributed by atoms with Crippen molar-refractivity contribution in [1.29, 1.82) is 0 Å². The molecule has 0 saturated carbocycles. The summed E-state index contributed by atoms with van der Waals surface area (Å²) < 4.78 is 15.9. The predicted molar refractivity (Wildman–Crippen MR) is 112 cm³/mol. The molecule has 0 atom stereocenters. The summed E-state index contributed by atoms with van der Waals surface area (Å²) in [5.41, 5.74) is 1.08. The van der Waals surface area contributed by atoms with Crippen LogP contribution in [-0.4, -0.2) is 44.6 Å². The standard InChI is InChI=1S/C23H27NO5/c1-5-6-7-8-10-18-11-9-14-24(23(18)26)21(25)13-12-17-15-19(27-2)22(29-4)20(16-17)28-3/h11-13,15-16H,5-7,9,14H2,1-4H3. The monoisotopic (exact) mass is 397 g/mol. The van der Waals surface area contributed by atoms with E-state index in [1.54, 1.807) is 24.3 Å². The van der Waals surface area contributed by atoms with Crippen LogP contribution in [-0.2, 0) is 9.59 Å². The van der Waals surface area contributed by atoms with E-state index in [2.05, 4.69) is 18.8 Å². The van der Waals surface area contributed by atoms with E-state index in [9.17, 15) is 9.59 Å². The van der Waals surface area contributed by atoms with E-state index in [0.717, 1.165) is 19.3 Å². The second kappa shape index (κ2) is 11.0. The number of methoxy groups -OCH3 is 3. The first-order valence-electron chi connectivity index (χ1n) is 9.58. The van der Waals surface area contributed by atoms with Crippen LogP contribution in [0, 0.1) is 11.8 Å². The van der Waals surface area contributed by atoms with Gasteiger partial charge < -0.3 is 14.2 Å². The Morgan fingerprint density at radius 3 is 2.45 bits per heavy atom. The third-order valence-corrected chi connectivity index (χ3v) is 4.43. The molecule has 6 nitrogen and oxygen atoms in total. The minimum absolute atomic E-state index is 0.345. The van der Waals surface area contributed by atoms with Crippen molar-refractivity contribution in [3.05, 3.63) is 35.4 Å². The average Bonchev–Trinajstić information content (AvgIpc) is 2.75. The van der Waals surface area contributed by atoms with E-state index in [-0.39, 0.29) is 11.8 Å². The summed E-state index contributed by atoms with van der Waals surface area (Å²) in [5, 5.41) is 0. The van der Waals surface area contributed by atoms with Gasteiger partial charge in [0.2, 0.25) is 5.75 Å². The Morgan fingerprint density at radius 2 is 1.86 bits per heavy atom. The number of carbonyl (C=O) groups is 2. The van der Waals surface area contributed by atoms with Crippen LogP contribution in [0.5, 0.6) is 17.2 Å². The summed E-state index contributed by atoms with van der Waals surface area (Å²) >= 11 is 0. The number of amides is 2. The van der Waals surface area contributed by atoms with Crippen molar-refractivity contribution in [3.63, 3.8) is 0 Å². The maximum Gasteiger partial charge on any atom is 0.268 e. The molecular weight excluding hydrogens is 370 g/mol. The summed E-state index contributed by atoms with van der Waals surface area (Å²) in [4.78, 5) is 26.4. The zero-order valence-electron chi connectivity index (χ0n) is 17.4. The van der Waals surface area contributed by atoms with Crippen LogP contribution < -0.4 is 14.2 Å². The second-order valence-electron chi connectivity index (χ2n) is 6.40. The normalized spacial score (nSPS) is 13.6. The lowest BCUT2D eigenvalue weighted by atomic mass is 10.1. The van der Waals surface area contributed by atoms with E-state index >= 15 is 0 Å². The molecule has 2 rings (SSSR count). The van der Waals surface area contributed by atoms with Gasteiger partial charge in [-0.15, -0.1) is 0 Å². The van der Waals surface area contributed by atoms with E-state index in [1.165, 1.54) is 32.3 Å². The highest BCUT2D eigenvalue weighted by Crippen LogP contribution is 2.38. The highest BCUT2D eigenvalue weighted by molar-refractivity contribution is 6.11. The number of benzene rings is 1. The lowest BCUT2D eigenvalue weighted by molar-refractivity contribution is -0.139. The number of unbranched alkanes of at least 4 members (excludes halogenated alkanes) is 2. The molecule has 1 aliphatic heterocycles. The van der Waals surface area contributed by atoms with Crippen molar-refractivity contribution in [2.75, 3.05) is 27.9 Å². The van der Waals surface area contributed by atoms with Crippen LogP contribution in [0.3, 0.4) is 0 Å². The smallest absolute Gasteiger partial charge is 0.268 e. The summed E-state index contributed by atoms with van der Waals surface area (Å²) in [6.07, 6.45) is 8.18. The van der Waals surface area contributed by atoms with Gasteiger partial charge in [-0.25, -0.2) is 0 Å². The van der Waals surface area contributed by atoms with Gasteiger partial charge in [0.25, 0.3) is 11.8 Å². The van der Waals surface area contributed by atoms with E-state index < -0.39 is 0 Å². The zero-order chi connectivity index (χ0) is 21.2. The number of hydrogen-bond acceptors (Lipinski definition) is 5. The van der Waals surface area contributed by atoms with Crippen LogP contribution in [0.2, 0.25) is 0 Å². The average molecular weight is 397 g/mol. The minimum atomic E-state index is -0.385. The molecule has 1 aromatic carbocycles. The largest absolute Gasteiger partial charge is 0.493 e. The lowest BCUT2D eigenvalue weighted by Crippen LogP contribution is -2.39. The summed E-state index contributed by atoms with van der Waals surface area (Å²) in [6.45, 7) is 2.44. The Morgan fingerprint density at radius 1 is 1.17 bits per heavy atom. The van der Waals surface area contributed by atoms with Gasteiger partial charge in [-0.3, -0.25) is 14.5 Å². The molecule has 2 amide bonds. The van der Waals surface area contributed by atoms with Gasteiger partial charge in [-0.1, -0.05) is 31.3 Å². The Kier molecular flexibility index (Phi) is 8.35. The molecule has 0 N–H and O–H groups in total. The first kappa shape index (κ1) is 22.1. The maximum atomic E-state index is 12.6. The van der Waals surface area contributed by atoms with Crippen molar-refractivity contribution < 1.29 is 23.8 Å². The SMILES string of the molecule is CCCCC#CC1=CCCN(C(=O)C=Cc2cc(OC)c(OC)c(OC)c2)C1=O. The third kappa shape index (κ3) is 5.64. The Hall–Kier alpha value is -3.20. The number of rotatable bonds is 7. The molecule has 0 radical (unpaired) electrons. The molecule has 0 unspecified atom stereocenters. The van der Waals surface area contributed by atoms with Gasteiger partial charge in [0, 0.05) is 19.0 Å². The molecule has 29 heavy (non-hydrogen) atoms. The van der Waals surface area contributed by atoms with Crippen molar-refractivity contribution in [3.8, 4) is 29.1 Å². The summed E-state index contributed by atoms with van der Waals surface area (Å²) in [5.74, 6) is 6.62. The Labute approximate surface area is 172 Å². The highest BCUT2D eigenvalue weighted by atomic mass is 16.5. The van der Waals surface area contributed by atoms with Crippen LogP contribution >= 0.6 is 0 Å². The number of imide groups is 1. The fourth-order valence-electron chi connectivity index (χ4n) is 2.86. The molecule has 1 heterocycles. The molecule has 0 saturated heterocycles. The first-order chi connectivity index (χ1) is 14.0. The van der Waals surface area contributed by atoms with Crippen molar-refractivity contribution >= 4 is 17.9 Å². The topological polar surface area (TPSA) is 65.1 Å². The van der Waals surface area contributed by atoms with Gasteiger partial charge in [-0.05, 0) is 36.6 Å². The molecule has 154 valence electrons. The molecule has 1 aliphatic rings. The molecule has 0 spiro atoms. The number of hydrogen-bond donors (Lipinski definition) is 0. The van der Waals surface area contributed by atoms with Crippen molar-refractivity contribution in [2.24, 2.45) is 0 Å². The van der Waals surface area contributed by atoms with Crippen molar-refractivity contribution in [1.82, 2.24) is 4.90 Å². The number of carbonyl (C=O) groups excluding carboxylic acids is 2. The molecule has 0 aliphatic carbocycles. The van der Waals surface area contributed by atoms with Gasteiger partial charge in [0.05, 0.1) is 26.9 Å². The molecule has 6 heteroatoms. The van der Waals surface area contributed by atoms with Gasteiger partial charge in [0.15, 0.2) is 11.5 Å². The second-order valence-corrected chi connectivity index (χ2v) is 6.40. The van der Waals surface area contributed by atoms with Gasteiger partial charge in [-0.2, -0.15) is 0 Å². The van der Waals surface area contributed by atoms with Crippen LogP contribution in [0.1, 0.15) is 38.2 Å². The van der Waals surface area contributed by atoms with Crippen LogP contribution in [0.4, 0.5) is 0 Å². The Balaban J connectivity index is 2.15. The summed E-state index contributed by atoms with van der Waals surface area (Å²) in [6, 6.07) is 3.46. The number of nitrogens with zero attached hydrogens (tertiary/aromatic N) is 1. The third-order valence-electron chi connectivity index (χ3n) is 4.43. The molecular formula is C23H27NO5. The zero-order valence-corrected chi connectivity index (χ0v) is 17.4. The lowest BCUT2D eigenvalue weighted by Gasteiger charge is -2.22. The van der Waals surface area contributed by atoms with E-state index in [0.29, 0.717) is 41.4 Å². The molecule has 0 bridgehead atoms. The fourth-order valence-corrected chi connectivity index (χ4v) is 2.86. The quantitative estimate of drug-likeness (QED) is 0.400. The Bertz CT molecular complexity index is 848. The molecule has 0 fully saturated rings. The highest BCUT2D eigenvalue weighted by Gasteiger charge is 2.25. The predicted octanol–water partition coefficient (Wildman–Crippen LogP) is 3.60. The summed E-state index contributed by atoms with van der Waals surface area (Å²) in [7, 11) is 4.58. The van der Waals surface area contributed by atoms with E-state index in [1.807, 2.05) is 0 Å². The van der Waals surface area contributed by atoms with Crippen LogP contribution in [0.15, 0.2) is 29.9 Å². The minimum Gasteiger partial charge on any atom is -0.493 e. The van der Waals surface area contributed by atoms with E-state index in [4.69, 9.17) is 14.2 Å².